The Kier molecular flexibility index (Phi) is 6.35. The molecule has 0 aromatic heterocycles. The summed E-state index contributed by atoms with van der Waals surface area (Å²) < 4.78 is 32.2. The fraction of sp³-hybridized carbons (Fsp3) is 0.273. The van der Waals surface area contributed by atoms with E-state index in [0.717, 1.165) is 0 Å². The predicted octanol–water partition coefficient (Wildman–Crippen LogP) is 1.29. The molecule has 12 heteroatoms. The molecule has 2 N–H and O–H groups in total. The summed E-state index contributed by atoms with van der Waals surface area (Å²) >= 11 is 0. The molecule has 2 aliphatic rings. The Morgan fingerprint density at radius 2 is 1.68 bits per heavy atom. The summed E-state index contributed by atoms with van der Waals surface area (Å²) in [6, 6.07) is 9.92. The number of hydrogen-bond acceptors (Lipinski definition) is 7. The molecule has 0 aliphatic carbocycles. The van der Waals surface area contributed by atoms with Crippen molar-refractivity contribution in [2.75, 3.05) is 38.1 Å². The van der Waals surface area contributed by atoms with E-state index in [1.165, 1.54) is 45.6 Å². The number of benzene rings is 2. The van der Waals surface area contributed by atoms with E-state index in [4.69, 9.17) is 4.74 Å². The molecule has 4 rings (SSSR count). The topological polar surface area (TPSA) is 142 Å². The SMILES string of the molecule is CCOC(=O)N1CCN(S(=O)(=O)c2ccc(C(=O)Nc3cccc4c3C(=O)NC4=O)cc2)CC1. The molecule has 2 aromatic rings. The lowest BCUT2D eigenvalue weighted by atomic mass is 10.1. The number of carbonyl (C=O) groups excluding carboxylic acids is 4. The molecule has 2 aromatic carbocycles. The maximum absolute atomic E-state index is 13.0. The van der Waals surface area contributed by atoms with Gasteiger partial charge in [-0.1, -0.05) is 6.07 Å². The molecule has 34 heavy (non-hydrogen) atoms. The standard InChI is InChI=1S/C22H22N4O7S/c1-2-33-22(30)25-10-12-26(13-11-25)34(31,32)15-8-6-14(7-9-15)19(27)23-17-5-3-4-16-18(17)21(29)24-20(16)28/h3-9H,2,10-13H2,1H3,(H,23,27)(H,24,28,29). The van der Waals surface area contributed by atoms with Gasteiger partial charge < -0.3 is 15.0 Å². The minimum absolute atomic E-state index is 0.0132. The number of fused-ring (bicyclic) bond motifs is 1. The first-order valence-electron chi connectivity index (χ1n) is 10.5. The van der Waals surface area contributed by atoms with E-state index in [-0.39, 0.29) is 60.1 Å². The third-order valence-electron chi connectivity index (χ3n) is 5.53. The van der Waals surface area contributed by atoms with Crippen LogP contribution in [0.4, 0.5) is 10.5 Å². The number of nitrogens with zero attached hydrogens (tertiary/aromatic N) is 2. The number of anilines is 1. The number of imide groups is 1. The zero-order valence-corrected chi connectivity index (χ0v) is 19.1. The Balaban J connectivity index is 1.44. The van der Waals surface area contributed by atoms with Crippen molar-refractivity contribution in [2.24, 2.45) is 0 Å². The first kappa shape index (κ1) is 23.4. The highest BCUT2D eigenvalue weighted by Crippen LogP contribution is 2.25. The van der Waals surface area contributed by atoms with Gasteiger partial charge in [0.1, 0.15) is 0 Å². The summed E-state index contributed by atoms with van der Waals surface area (Å²) in [5.41, 5.74) is 0.615. The van der Waals surface area contributed by atoms with Crippen LogP contribution in [0.2, 0.25) is 0 Å². The second kappa shape index (κ2) is 9.23. The van der Waals surface area contributed by atoms with Crippen LogP contribution in [0.15, 0.2) is 47.4 Å². The van der Waals surface area contributed by atoms with E-state index in [1.807, 2.05) is 0 Å². The smallest absolute Gasteiger partial charge is 0.409 e. The van der Waals surface area contributed by atoms with Crippen molar-refractivity contribution in [2.45, 2.75) is 11.8 Å². The van der Waals surface area contributed by atoms with Gasteiger partial charge in [-0.05, 0) is 43.3 Å². The Hall–Kier alpha value is -3.77. The minimum Gasteiger partial charge on any atom is -0.450 e. The first-order chi connectivity index (χ1) is 16.2. The number of amides is 4. The monoisotopic (exact) mass is 486 g/mol. The molecular weight excluding hydrogens is 464 g/mol. The van der Waals surface area contributed by atoms with Gasteiger partial charge in [0, 0.05) is 31.7 Å². The normalized spacial score (nSPS) is 16.1. The molecule has 0 radical (unpaired) electrons. The van der Waals surface area contributed by atoms with Gasteiger partial charge in [-0.3, -0.25) is 19.7 Å². The molecule has 2 heterocycles. The summed E-state index contributed by atoms with van der Waals surface area (Å²) in [6.07, 6.45) is -0.471. The van der Waals surface area contributed by atoms with Crippen molar-refractivity contribution < 1.29 is 32.3 Å². The number of hydrogen-bond donors (Lipinski definition) is 2. The molecule has 0 unspecified atom stereocenters. The van der Waals surface area contributed by atoms with Crippen LogP contribution in [0.5, 0.6) is 0 Å². The minimum atomic E-state index is -3.81. The van der Waals surface area contributed by atoms with Crippen molar-refractivity contribution in [3.05, 3.63) is 59.2 Å². The van der Waals surface area contributed by atoms with Gasteiger partial charge in [0.05, 0.1) is 28.3 Å². The van der Waals surface area contributed by atoms with Gasteiger partial charge in [0.25, 0.3) is 17.7 Å². The van der Waals surface area contributed by atoms with Crippen molar-refractivity contribution in [3.8, 4) is 0 Å². The lowest BCUT2D eigenvalue weighted by molar-refractivity contribution is 0.0878. The average molecular weight is 487 g/mol. The van der Waals surface area contributed by atoms with Crippen LogP contribution in [-0.2, 0) is 14.8 Å². The molecule has 0 atom stereocenters. The van der Waals surface area contributed by atoms with Gasteiger partial charge in [0.2, 0.25) is 10.0 Å². The number of nitrogens with one attached hydrogen (secondary N) is 2. The van der Waals surface area contributed by atoms with Gasteiger partial charge in [-0.15, -0.1) is 0 Å². The Labute approximate surface area is 195 Å². The quantitative estimate of drug-likeness (QED) is 0.606. The molecule has 2 aliphatic heterocycles. The summed E-state index contributed by atoms with van der Waals surface area (Å²) in [5, 5.41) is 4.77. The van der Waals surface area contributed by atoms with E-state index in [2.05, 4.69) is 10.6 Å². The lowest BCUT2D eigenvalue weighted by Gasteiger charge is -2.33. The second-order valence-corrected chi connectivity index (χ2v) is 9.52. The average Bonchev–Trinajstić information content (AvgIpc) is 3.13. The van der Waals surface area contributed by atoms with Gasteiger partial charge >= 0.3 is 6.09 Å². The maximum atomic E-state index is 13.0. The highest BCUT2D eigenvalue weighted by molar-refractivity contribution is 7.89. The van der Waals surface area contributed by atoms with Crippen LogP contribution >= 0.6 is 0 Å². The Morgan fingerprint density at radius 1 is 1.00 bits per heavy atom. The van der Waals surface area contributed by atoms with Crippen LogP contribution in [0.25, 0.3) is 0 Å². The van der Waals surface area contributed by atoms with Crippen molar-refractivity contribution in [1.29, 1.82) is 0 Å². The fourth-order valence-electron chi connectivity index (χ4n) is 3.77. The first-order valence-corrected chi connectivity index (χ1v) is 12.0. The highest BCUT2D eigenvalue weighted by atomic mass is 32.2. The summed E-state index contributed by atoms with van der Waals surface area (Å²) in [4.78, 5) is 49.8. The zero-order valence-electron chi connectivity index (χ0n) is 18.2. The predicted molar refractivity (Wildman–Crippen MR) is 120 cm³/mol. The molecule has 4 amide bonds. The number of piperazine rings is 1. The van der Waals surface area contributed by atoms with Gasteiger partial charge in [-0.2, -0.15) is 4.31 Å². The number of ether oxygens (including phenoxy) is 1. The van der Waals surface area contributed by atoms with Crippen molar-refractivity contribution in [3.63, 3.8) is 0 Å². The Morgan fingerprint density at radius 3 is 2.32 bits per heavy atom. The number of sulfonamides is 1. The van der Waals surface area contributed by atoms with E-state index < -0.39 is 33.8 Å². The molecule has 0 spiro atoms. The van der Waals surface area contributed by atoms with Crippen LogP contribution in [0.3, 0.4) is 0 Å². The molecule has 11 nitrogen and oxygen atoms in total. The van der Waals surface area contributed by atoms with Gasteiger partial charge in [0.15, 0.2) is 0 Å². The lowest BCUT2D eigenvalue weighted by Crippen LogP contribution is -2.50. The maximum Gasteiger partial charge on any atom is 0.409 e. The van der Waals surface area contributed by atoms with E-state index in [1.54, 1.807) is 13.0 Å². The fourth-order valence-corrected chi connectivity index (χ4v) is 5.19. The van der Waals surface area contributed by atoms with Crippen molar-refractivity contribution >= 4 is 39.5 Å². The highest BCUT2D eigenvalue weighted by Gasteiger charge is 2.31. The molecule has 1 fully saturated rings. The third-order valence-corrected chi connectivity index (χ3v) is 7.44. The second-order valence-electron chi connectivity index (χ2n) is 7.58. The summed E-state index contributed by atoms with van der Waals surface area (Å²) in [6.45, 7) is 2.64. The largest absolute Gasteiger partial charge is 0.450 e. The summed E-state index contributed by atoms with van der Waals surface area (Å²) in [7, 11) is -3.81. The molecular formula is C22H22N4O7S. The van der Waals surface area contributed by atoms with Crippen LogP contribution in [-0.4, -0.2) is 74.2 Å². The number of carbonyl (C=O) groups is 4. The molecule has 0 bridgehead atoms. The van der Waals surface area contributed by atoms with Crippen LogP contribution < -0.4 is 10.6 Å². The number of rotatable bonds is 5. The van der Waals surface area contributed by atoms with Crippen LogP contribution in [0, 0.1) is 0 Å². The summed E-state index contributed by atoms with van der Waals surface area (Å²) in [5.74, 6) is -1.69. The van der Waals surface area contributed by atoms with Crippen LogP contribution in [0.1, 0.15) is 38.0 Å². The van der Waals surface area contributed by atoms with E-state index >= 15 is 0 Å². The molecule has 178 valence electrons. The molecule has 0 saturated carbocycles. The third kappa shape index (κ3) is 4.37. The van der Waals surface area contributed by atoms with Gasteiger partial charge in [-0.25, -0.2) is 13.2 Å². The van der Waals surface area contributed by atoms with E-state index in [9.17, 15) is 27.6 Å². The van der Waals surface area contributed by atoms with E-state index in [0.29, 0.717) is 0 Å². The molecule has 1 saturated heterocycles. The Bertz CT molecular complexity index is 1270. The van der Waals surface area contributed by atoms with Crippen molar-refractivity contribution in [1.82, 2.24) is 14.5 Å². The zero-order chi connectivity index (χ0) is 24.5.